The van der Waals surface area contributed by atoms with Crippen molar-refractivity contribution < 1.29 is 19.4 Å². The van der Waals surface area contributed by atoms with E-state index >= 15 is 0 Å². The number of allylic oxidation sites excluding steroid dienone is 1. The molecule has 3 aromatic rings. The molecule has 0 aliphatic heterocycles. The van der Waals surface area contributed by atoms with Crippen LogP contribution in [-0.4, -0.2) is 34.8 Å². The van der Waals surface area contributed by atoms with Crippen LogP contribution >= 0.6 is 22.6 Å². The summed E-state index contributed by atoms with van der Waals surface area (Å²) in [6.45, 7) is 3.58. The van der Waals surface area contributed by atoms with Gasteiger partial charge >= 0.3 is 5.97 Å². The second kappa shape index (κ2) is 8.53. The number of carboxylic acid groups (broad SMARTS) is 1. The maximum Gasteiger partial charge on any atom is 0.341 e. The van der Waals surface area contributed by atoms with Gasteiger partial charge in [0.25, 0.3) is 0 Å². The number of methoxy groups -OCH3 is 1. The molecule has 0 radical (unpaired) electrons. The minimum absolute atomic E-state index is 0.348. The zero-order chi connectivity index (χ0) is 21.1. The van der Waals surface area contributed by atoms with Crippen molar-refractivity contribution >= 4 is 51.2 Å². The van der Waals surface area contributed by atoms with Gasteiger partial charge in [0.15, 0.2) is 18.1 Å². The number of aliphatic carboxylic acids is 1. The predicted molar refractivity (Wildman–Crippen MR) is 118 cm³/mol. The van der Waals surface area contributed by atoms with E-state index in [1.54, 1.807) is 18.2 Å². The summed E-state index contributed by atoms with van der Waals surface area (Å²) in [4.78, 5) is 18.5. The van der Waals surface area contributed by atoms with Gasteiger partial charge in [-0.3, -0.25) is 0 Å². The van der Waals surface area contributed by atoms with Crippen molar-refractivity contribution in [3.63, 3.8) is 0 Å². The van der Waals surface area contributed by atoms with Crippen molar-refractivity contribution in [3.05, 3.63) is 50.4 Å². The number of carboxylic acids is 1. The molecule has 0 spiro atoms. The fraction of sp³-hybridized carbons (Fsp3) is 0.190. The van der Waals surface area contributed by atoms with Gasteiger partial charge in [0.2, 0.25) is 0 Å². The second-order valence-corrected chi connectivity index (χ2v) is 7.59. The van der Waals surface area contributed by atoms with E-state index in [2.05, 4.69) is 16.0 Å². The Balaban J connectivity index is 2.02. The largest absolute Gasteiger partial charge is 0.493 e. The summed E-state index contributed by atoms with van der Waals surface area (Å²) in [6.07, 6.45) is 1.70. The fourth-order valence-corrected chi connectivity index (χ4v) is 3.60. The second-order valence-electron chi connectivity index (χ2n) is 6.43. The number of aryl methyl sites for hydroxylation is 2. The number of imidazole rings is 1. The third-order valence-electron chi connectivity index (χ3n) is 4.38. The van der Waals surface area contributed by atoms with Crippen LogP contribution in [0.25, 0.3) is 22.7 Å². The molecule has 3 rings (SSSR count). The molecule has 0 fully saturated rings. The molecule has 2 N–H and O–H groups in total. The van der Waals surface area contributed by atoms with Crippen LogP contribution in [0.5, 0.6) is 11.5 Å². The lowest BCUT2D eigenvalue weighted by Crippen LogP contribution is -2.11. The summed E-state index contributed by atoms with van der Waals surface area (Å²) in [6, 6.07) is 9.66. The van der Waals surface area contributed by atoms with Gasteiger partial charge in [-0.2, -0.15) is 5.26 Å². The Morgan fingerprint density at radius 1 is 1.31 bits per heavy atom. The highest BCUT2D eigenvalue weighted by Gasteiger charge is 2.14. The first-order valence-electron chi connectivity index (χ1n) is 8.63. The highest BCUT2D eigenvalue weighted by molar-refractivity contribution is 14.1. The molecule has 2 aromatic carbocycles. The fourth-order valence-electron chi connectivity index (χ4n) is 2.81. The number of hydrogen-bond acceptors (Lipinski definition) is 5. The first-order chi connectivity index (χ1) is 13.8. The van der Waals surface area contributed by atoms with Gasteiger partial charge in [0, 0.05) is 0 Å². The number of aromatic nitrogens is 2. The van der Waals surface area contributed by atoms with Crippen LogP contribution in [0, 0.1) is 28.7 Å². The van der Waals surface area contributed by atoms with Gasteiger partial charge < -0.3 is 19.6 Å². The van der Waals surface area contributed by atoms with E-state index in [0.717, 1.165) is 22.2 Å². The van der Waals surface area contributed by atoms with Crippen LogP contribution in [0.2, 0.25) is 0 Å². The van der Waals surface area contributed by atoms with Crippen molar-refractivity contribution in [1.29, 1.82) is 5.26 Å². The van der Waals surface area contributed by atoms with Crippen LogP contribution in [0.4, 0.5) is 0 Å². The van der Waals surface area contributed by atoms with Gasteiger partial charge in [-0.05, 0) is 83.5 Å². The molecule has 1 aromatic heterocycles. The maximum absolute atomic E-state index is 10.8. The molecule has 148 valence electrons. The predicted octanol–water partition coefficient (Wildman–Crippen LogP) is 4.32. The average molecular weight is 503 g/mol. The molecule has 1 heterocycles. The van der Waals surface area contributed by atoms with Crippen LogP contribution in [0.1, 0.15) is 22.5 Å². The average Bonchev–Trinajstić information content (AvgIpc) is 3.07. The van der Waals surface area contributed by atoms with Crippen molar-refractivity contribution in [2.75, 3.05) is 13.7 Å². The third kappa shape index (κ3) is 4.51. The first kappa shape index (κ1) is 20.7. The zero-order valence-electron chi connectivity index (χ0n) is 16.0. The zero-order valence-corrected chi connectivity index (χ0v) is 18.2. The molecule has 7 nitrogen and oxygen atoms in total. The number of ether oxygens (including phenoxy) is 2. The monoisotopic (exact) mass is 503 g/mol. The molecular weight excluding hydrogens is 485 g/mol. The topological polar surface area (TPSA) is 108 Å². The Labute approximate surface area is 181 Å². The van der Waals surface area contributed by atoms with Crippen LogP contribution < -0.4 is 9.47 Å². The van der Waals surface area contributed by atoms with E-state index in [4.69, 9.17) is 14.6 Å². The van der Waals surface area contributed by atoms with Gasteiger partial charge in [0.05, 0.1) is 27.3 Å². The Hall–Kier alpha value is -3.06. The number of H-pyrrole nitrogens is 1. The molecule has 0 atom stereocenters. The van der Waals surface area contributed by atoms with Gasteiger partial charge in [-0.25, -0.2) is 9.78 Å². The number of aromatic amines is 1. The number of fused-ring (bicyclic) bond motifs is 1. The Morgan fingerprint density at radius 2 is 2.03 bits per heavy atom. The molecule has 0 amide bonds. The normalized spacial score (nSPS) is 11.3. The number of benzene rings is 2. The lowest BCUT2D eigenvalue weighted by Gasteiger charge is -2.12. The minimum atomic E-state index is -1.08. The summed E-state index contributed by atoms with van der Waals surface area (Å²) in [5.74, 6) is 0.139. The third-order valence-corrected chi connectivity index (χ3v) is 5.18. The van der Waals surface area contributed by atoms with Crippen molar-refractivity contribution in [2.45, 2.75) is 13.8 Å². The van der Waals surface area contributed by atoms with E-state index in [1.165, 1.54) is 7.11 Å². The lowest BCUT2D eigenvalue weighted by atomic mass is 10.1. The van der Waals surface area contributed by atoms with Crippen LogP contribution in [0.15, 0.2) is 24.3 Å². The van der Waals surface area contributed by atoms with E-state index in [1.807, 2.05) is 48.6 Å². The van der Waals surface area contributed by atoms with Crippen LogP contribution in [0.3, 0.4) is 0 Å². The number of rotatable bonds is 6. The molecule has 0 saturated carbocycles. The van der Waals surface area contributed by atoms with Gasteiger partial charge in [-0.15, -0.1) is 0 Å². The Kier molecular flexibility index (Phi) is 6.08. The van der Waals surface area contributed by atoms with E-state index in [9.17, 15) is 10.1 Å². The van der Waals surface area contributed by atoms with Crippen LogP contribution in [-0.2, 0) is 4.79 Å². The smallest absolute Gasteiger partial charge is 0.341 e. The maximum atomic E-state index is 10.8. The molecular formula is C21H18IN3O4. The Bertz CT molecular complexity index is 1140. The summed E-state index contributed by atoms with van der Waals surface area (Å²) < 4.78 is 11.3. The molecule has 29 heavy (non-hydrogen) atoms. The summed E-state index contributed by atoms with van der Waals surface area (Å²) >= 11 is 2.04. The number of hydrogen-bond donors (Lipinski definition) is 2. The van der Waals surface area contributed by atoms with E-state index < -0.39 is 12.6 Å². The van der Waals surface area contributed by atoms with E-state index in [0.29, 0.717) is 32.0 Å². The SMILES string of the molecule is COc1cc(/C=C(/C#N)c2nc3cc(C)c(C)cc3[nH]2)cc(I)c1OCC(=O)O. The Morgan fingerprint density at radius 3 is 2.69 bits per heavy atom. The highest BCUT2D eigenvalue weighted by Crippen LogP contribution is 2.35. The van der Waals surface area contributed by atoms with Gasteiger partial charge in [0.1, 0.15) is 11.9 Å². The lowest BCUT2D eigenvalue weighted by molar-refractivity contribution is -0.139. The minimum Gasteiger partial charge on any atom is -0.493 e. The first-order valence-corrected chi connectivity index (χ1v) is 9.71. The summed E-state index contributed by atoms with van der Waals surface area (Å²) in [7, 11) is 1.47. The quantitative estimate of drug-likeness (QED) is 0.383. The number of nitriles is 1. The molecule has 0 aliphatic rings. The number of nitrogens with one attached hydrogen (secondary N) is 1. The molecule has 0 unspecified atom stereocenters. The van der Waals surface area contributed by atoms with Crippen molar-refractivity contribution in [2.24, 2.45) is 0 Å². The molecule has 0 aliphatic carbocycles. The molecule has 0 saturated heterocycles. The molecule has 8 heteroatoms. The van der Waals surface area contributed by atoms with E-state index in [-0.39, 0.29) is 0 Å². The molecule has 0 bridgehead atoms. The van der Waals surface area contributed by atoms with Crippen molar-refractivity contribution in [1.82, 2.24) is 9.97 Å². The number of carbonyl (C=O) groups is 1. The highest BCUT2D eigenvalue weighted by atomic mass is 127. The van der Waals surface area contributed by atoms with Crippen molar-refractivity contribution in [3.8, 4) is 17.6 Å². The number of nitrogens with zero attached hydrogens (tertiary/aromatic N) is 2. The van der Waals surface area contributed by atoms with Gasteiger partial charge in [-0.1, -0.05) is 0 Å². The summed E-state index contributed by atoms with van der Waals surface area (Å²) in [5.41, 5.74) is 5.02. The summed E-state index contributed by atoms with van der Waals surface area (Å²) in [5, 5.41) is 18.5. The number of halogens is 1. The standard InChI is InChI=1S/C21H18IN3O4/c1-11-4-16-17(5-12(11)2)25-21(24-16)14(9-23)6-13-7-15(22)20(18(8-13)28-3)29-10-19(26)27/h4-8H,10H2,1-3H3,(H,24,25)(H,26,27)/b14-6-.